The molecule has 118 valence electrons. The lowest BCUT2D eigenvalue weighted by molar-refractivity contribution is 0.102. The van der Waals surface area contributed by atoms with Gasteiger partial charge in [0.25, 0.3) is 5.91 Å². The molecular formula is C17H16N2O3S. The Morgan fingerprint density at radius 2 is 1.83 bits per heavy atom. The molecule has 2 aromatic rings. The third-order valence-corrected chi connectivity index (χ3v) is 5.49. The smallest absolute Gasteiger partial charge is 0.255 e. The summed E-state index contributed by atoms with van der Waals surface area (Å²) in [7, 11) is -3.45. The maximum absolute atomic E-state index is 12.3. The van der Waals surface area contributed by atoms with Crippen LogP contribution in [-0.4, -0.2) is 19.6 Å². The first-order valence-corrected chi connectivity index (χ1v) is 8.55. The summed E-state index contributed by atoms with van der Waals surface area (Å²) in [5, 5.41) is 11.1. The van der Waals surface area contributed by atoms with Gasteiger partial charge in [-0.25, -0.2) is 8.42 Å². The van der Waals surface area contributed by atoms with Gasteiger partial charge in [0, 0.05) is 5.56 Å². The van der Waals surface area contributed by atoms with Crippen LogP contribution in [0.25, 0.3) is 0 Å². The van der Waals surface area contributed by atoms with Gasteiger partial charge >= 0.3 is 0 Å². The molecule has 0 aliphatic rings. The van der Waals surface area contributed by atoms with E-state index in [0.717, 1.165) is 0 Å². The van der Waals surface area contributed by atoms with Crippen LogP contribution in [-0.2, 0) is 9.84 Å². The molecule has 23 heavy (non-hydrogen) atoms. The third kappa shape index (κ3) is 3.58. The normalized spacial score (nSPS) is 11.0. The van der Waals surface area contributed by atoms with Crippen LogP contribution in [0.15, 0.2) is 53.4 Å². The number of nitrogens with one attached hydrogen (secondary N) is 1. The van der Waals surface area contributed by atoms with E-state index in [1.807, 2.05) is 6.07 Å². The summed E-state index contributed by atoms with van der Waals surface area (Å²) in [5.41, 5.74) is 0.948. The molecule has 0 bridgehead atoms. The van der Waals surface area contributed by atoms with Crippen LogP contribution in [0.5, 0.6) is 0 Å². The predicted molar refractivity (Wildman–Crippen MR) is 87.9 cm³/mol. The van der Waals surface area contributed by atoms with E-state index in [1.54, 1.807) is 38.1 Å². The first-order valence-electron chi connectivity index (χ1n) is 7.00. The summed E-state index contributed by atoms with van der Waals surface area (Å²) in [5.74, 6) is -0.464. The molecule has 0 spiro atoms. The van der Waals surface area contributed by atoms with Gasteiger partial charge < -0.3 is 5.32 Å². The van der Waals surface area contributed by atoms with Crippen molar-refractivity contribution in [2.24, 2.45) is 0 Å². The van der Waals surface area contributed by atoms with Gasteiger partial charge in [0.15, 0.2) is 9.84 Å². The highest BCUT2D eigenvalue weighted by Gasteiger charge is 2.20. The van der Waals surface area contributed by atoms with Gasteiger partial charge in [-0.3, -0.25) is 4.79 Å². The summed E-state index contributed by atoms with van der Waals surface area (Å²) >= 11 is 0. The van der Waals surface area contributed by atoms with Crippen molar-refractivity contribution in [1.82, 2.24) is 0 Å². The van der Waals surface area contributed by atoms with E-state index < -0.39 is 21.0 Å². The van der Waals surface area contributed by atoms with Crippen LogP contribution >= 0.6 is 0 Å². The molecule has 0 fully saturated rings. The van der Waals surface area contributed by atoms with E-state index in [1.165, 1.54) is 24.3 Å². The molecule has 0 aliphatic heterocycles. The number of anilines is 1. The van der Waals surface area contributed by atoms with Crippen molar-refractivity contribution in [2.45, 2.75) is 24.0 Å². The Morgan fingerprint density at radius 1 is 1.13 bits per heavy atom. The number of benzene rings is 2. The number of rotatable bonds is 4. The maximum atomic E-state index is 12.3. The highest BCUT2D eigenvalue weighted by atomic mass is 32.2. The molecule has 0 saturated carbocycles. The minimum absolute atomic E-state index is 0.105. The number of carbonyl (C=O) groups is 1. The number of sulfone groups is 1. The van der Waals surface area contributed by atoms with Crippen molar-refractivity contribution < 1.29 is 13.2 Å². The molecular weight excluding hydrogens is 312 g/mol. The Morgan fingerprint density at radius 3 is 2.48 bits per heavy atom. The van der Waals surface area contributed by atoms with Crippen LogP contribution < -0.4 is 5.32 Å². The number of hydrogen-bond acceptors (Lipinski definition) is 4. The Bertz CT molecular complexity index is 881. The van der Waals surface area contributed by atoms with Gasteiger partial charge in [0.1, 0.15) is 6.07 Å². The Balaban J connectivity index is 2.33. The van der Waals surface area contributed by atoms with Gasteiger partial charge in [-0.2, -0.15) is 5.26 Å². The molecule has 2 rings (SSSR count). The Hall–Kier alpha value is -2.65. The van der Waals surface area contributed by atoms with Gasteiger partial charge in [0.05, 0.1) is 21.4 Å². The standard InChI is InChI=1S/C17H16N2O3S/c1-12(2)23(21,22)15-8-5-7-13(10-15)17(20)19-16-9-4-3-6-14(16)11-18/h3-10,12H,1-2H3,(H,19,20). The second kappa shape index (κ2) is 6.63. The van der Waals surface area contributed by atoms with Crippen LogP contribution in [0.2, 0.25) is 0 Å². The molecule has 5 nitrogen and oxygen atoms in total. The lowest BCUT2D eigenvalue weighted by Crippen LogP contribution is -2.16. The molecule has 0 aromatic heterocycles. The molecule has 1 N–H and O–H groups in total. The SMILES string of the molecule is CC(C)S(=O)(=O)c1cccc(C(=O)Nc2ccccc2C#N)c1. The fourth-order valence-corrected chi connectivity index (χ4v) is 3.07. The number of para-hydroxylation sites is 1. The van der Waals surface area contributed by atoms with Gasteiger partial charge in [-0.1, -0.05) is 18.2 Å². The van der Waals surface area contributed by atoms with Gasteiger partial charge in [-0.15, -0.1) is 0 Å². The van der Waals surface area contributed by atoms with Crippen molar-refractivity contribution in [1.29, 1.82) is 5.26 Å². The molecule has 0 saturated heterocycles. The predicted octanol–water partition coefficient (Wildman–Crippen LogP) is 2.99. The molecule has 0 aliphatic carbocycles. The lowest BCUT2D eigenvalue weighted by atomic mass is 10.1. The van der Waals surface area contributed by atoms with Crippen molar-refractivity contribution in [3.63, 3.8) is 0 Å². The second-order valence-electron chi connectivity index (χ2n) is 5.23. The summed E-state index contributed by atoms with van der Waals surface area (Å²) < 4.78 is 24.4. The first kappa shape index (κ1) is 16.7. The highest BCUT2D eigenvalue weighted by Crippen LogP contribution is 2.19. The summed E-state index contributed by atoms with van der Waals surface area (Å²) in [6.45, 7) is 3.18. The average molecular weight is 328 g/mol. The molecule has 0 radical (unpaired) electrons. The van der Waals surface area contributed by atoms with Crippen LogP contribution in [0.1, 0.15) is 29.8 Å². The van der Waals surface area contributed by atoms with E-state index in [2.05, 4.69) is 5.32 Å². The topological polar surface area (TPSA) is 87.0 Å². The number of nitrogens with zero attached hydrogens (tertiary/aromatic N) is 1. The summed E-state index contributed by atoms with van der Waals surface area (Å²) in [4.78, 5) is 12.4. The van der Waals surface area contributed by atoms with Crippen molar-refractivity contribution in [3.05, 3.63) is 59.7 Å². The number of amides is 1. The molecule has 1 amide bonds. The molecule has 0 atom stereocenters. The van der Waals surface area contributed by atoms with Crippen LogP contribution in [0, 0.1) is 11.3 Å². The van der Waals surface area contributed by atoms with Gasteiger partial charge in [0.2, 0.25) is 0 Å². The minimum atomic E-state index is -3.45. The van der Waals surface area contributed by atoms with E-state index in [0.29, 0.717) is 11.3 Å². The monoisotopic (exact) mass is 328 g/mol. The fourth-order valence-electron chi connectivity index (χ4n) is 1.97. The molecule has 0 unspecified atom stereocenters. The highest BCUT2D eigenvalue weighted by molar-refractivity contribution is 7.92. The van der Waals surface area contributed by atoms with Crippen molar-refractivity contribution >= 4 is 21.4 Å². The average Bonchev–Trinajstić information content (AvgIpc) is 2.55. The molecule has 0 heterocycles. The van der Waals surface area contributed by atoms with E-state index in [9.17, 15) is 13.2 Å². The summed E-state index contributed by atoms with van der Waals surface area (Å²) in [6.07, 6.45) is 0. The van der Waals surface area contributed by atoms with E-state index in [-0.39, 0.29) is 10.5 Å². The maximum Gasteiger partial charge on any atom is 0.255 e. The van der Waals surface area contributed by atoms with Crippen LogP contribution in [0.3, 0.4) is 0 Å². The fraction of sp³-hybridized carbons (Fsp3) is 0.176. The quantitative estimate of drug-likeness (QED) is 0.934. The van der Waals surface area contributed by atoms with Crippen molar-refractivity contribution in [2.75, 3.05) is 5.32 Å². The van der Waals surface area contributed by atoms with Crippen molar-refractivity contribution in [3.8, 4) is 6.07 Å². The van der Waals surface area contributed by atoms with E-state index >= 15 is 0 Å². The lowest BCUT2D eigenvalue weighted by Gasteiger charge is -2.10. The van der Waals surface area contributed by atoms with Gasteiger partial charge in [-0.05, 0) is 44.2 Å². The molecule has 2 aromatic carbocycles. The number of hydrogen-bond donors (Lipinski definition) is 1. The third-order valence-electron chi connectivity index (χ3n) is 3.34. The van der Waals surface area contributed by atoms with E-state index in [4.69, 9.17) is 5.26 Å². The second-order valence-corrected chi connectivity index (χ2v) is 7.74. The zero-order valence-electron chi connectivity index (χ0n) is 12.8. The zero-order valence-corrected chi connectivity index (χ0v) is 13.6. The first-order chi connectivity index (χ1) is 10.9. The summed E-state index contributed by atoms with van der Waals surface area (Å²) in [6, 6.07) is 14.5. The number of nitriles is 1. The number of carbonyl (C=O) groups excluding carboxylic acids is 1. The molecule has 6 heteroatoms. The minimum Gasteiger partial charge on any atom is -0.321 e. The Labute approximate surface area is 135 Å². The largest absolute Gasteiger partial charge is 0.321 e. The zero-order chi connectivity index (χ0) is 17.0. The van der Waals surface area contributed by atoms with Crippen LogP contribution in [0.4, 0.5) is 5.69 Å². The Kier molecular flexibility index (Phi) is 4.82.